The fourth-order valence-electron chi connectivity index (χ4n) is 4.48. The first-order valence-electron chi connectivity index (χ1n) is 11.5. The third-order valence-corrected chi connectivity index (χ3v) is 7.14. The van der Waals surface area contributed by atoms with E-state index in [1.165, 1.54) is 23.5 Å². The molecule has 4 rings (SSSR count). The second-order valence-electron chi connectivity index (χ2n) is 8.87. The molecular weight excluding hydrogens is 479 g/mol. The van der Waals surface area contributed by atoms with E-state index in [-0.39, 0.29) is 12.6 Å². The molecule has 2 heterocycles. The monoisotopic (exact) mass is 507 g/mol. The Labute approximate surface area is 205 Å². The van der Waals surface area contributed by atoms with Crippen LogP contribution in [0.1, 0.15) is 36.5 Å². The third kappa shape index (κ3) is 6.24. The summed E-state index contributed by atoms with van der Waals surface area (Å²) in [6.07, 6.45) is -2.39. The molecule has 10 heteroatoms. The van der Waals surface area contributed by atoms with Crippen molar-refractivity contribution in [3.63, 3.8) is 0 Å². The van der Waals surface area contributed by atoms with Gasteiger partial charge in [0.15, 0.2) is 11.7 Å². The molecule has 1 aliphatic heterocycles. The minimum absolute atomic E-state index is 0.260. The normalized spacial score (nSPS) is 17.2. The van der Waals surface area contributed by atoms with E-state index in [0.717, 1.165) is 54.8 Å². The van der Waals surface area contributed by atoms with Crippen LogP contribution in [0.2, 0.25) is 0 Å². The molecule has 188 valence electrons. The Morgan fingerprint density at radius 3 is 2.74 bits per heavy atom. The summed E-state index contributed by atoms with van der Waals surface area (Å²) in [7, 11) is 0. The summed E-state index contributed by atoms with van der Waals surface area (Å²) in [6.45, 7) is 6.67. The summed E-state index contributed by atoms with van der Waals surface area (Å²) >= 11 is 1.30. The molecule has 0 aliphatic carbocycles. The molecule has 0 unspecified atom stereocenters. The van der Waals surface area contributed by atoms with Crippen LogP contribution in [0.3, 0.4) is 0 Å². The van der Waals surface area contributed by atoms with E-state index in [1.54, 1.807) is 0 Å². The van der Waals surface area contributed by atoms with Gasteiger partial charge in [-0.05, 0) is 54.8 Å². The second kappa shape index (κ2) is 10.4. The molecule has 1 saturated heterocycles. The summed E-state index contributed by atoms with van der Waals surface area (Å²) in [5, 5.41) is 9.64. The van der Waals surface area contributed by atoms with Gasteiger partial charge in [0.05, 0.1) is 15.8 Å². The van der Waals surface area contributed by atoms with Gasteiger partial charge in [-0.2, -0.15) is 13.2 Å². The smallest absolute Gasteiger partial charge is 0.416 e. The van der Waals surface area contributed by atoms with Crippen LogP contribution in [0.5, 0.6) is 5.75 Å². The van der Waals surface area contributed by atoms with Crippen LogP contribution in [0.25, 0.3) is 10.2 Å². The highest BCUT2D eigenvalue weighted by atomic mass is 32.1. The Hall–Kier alpha value is -2.85. The van der Waals surface area contributed by atoms with Crippen LogP contribution in [-0.4, -0.2) is 53.2 Å². The van der Waals surface area contributed by atoms with Crippen molar-refractivity contribution in [2.24, 2.45) is 0 Å². The number of fused-ring (bicyclic) bond motifs is 1. The summed E-state index contributed by atoms with van der Waals surface area (Å²) in [5.41, 5.74) is 1.99. The lowest BCUT2D eigenvalue weighted by atomic mass is 10.0. The molecule has 1 atom stereocenters. The fraction of sp³-hybridized carbons (Fsp3) is 0.440. The number of alkyl halides is 3. The Bertz CT molecular complexity index is 1200. The largest absolute Gasteiger partial charge is 0.482 e. The predicted octanol–water partition coefficient (Wildman–Crippen LogP) is 5.58. The molecule has 1 aromatic heterocycles. The van der Waals surface area contributed by atoms with Crippen LogP contribution in [0.15, 0.2) is 36.4 Å². The van der Waals surface area contributed by atoms with Crippen LogP contribution >= 0.6 is 11.3 Å². The maximum Gasteiger partial charge on any atom is 0.416 e. The first-order valence-corrected chi connectivity index (χ1v) is 12.4. The zero-order chi connectivity index (χ0) is 25.2. The molecule has 0 radical (unpaired) electrons. The third-order valence-electron chi connectivity index (χ3n) is 6.06. The highest BCUT2D eigenvalue weighted by Crippen LogP contribution is 2.36. The van der Waals surface area contributed by atoms with Crippen molar-refractivity contribution in [1.29, 1.82) is 0 Å². The quantitative estimate of drug-likeness (QED) is 0.430. The van der Waals surface area contributed by atoms with Gasteiger partial charge in [0.2, 0.25) is 0 Å². The van der Waals surface area contributed by atoms with E-state index in [4.69, 9.17) is 9.84 Å². The highest BCUT2D eigenvalue weighted by molar-refractivity contribution is 7.22. The van der Waals surface area contributed by atoms with Crippen LogP contribution < -0.4 is 9.64 Å². The fourth-order valence-corrected chi connectivity index (χ4v) is 5.52. The lowest BCUT2D eigenvalue weighted by molar-refractivity contribution is -0.139. The average molecular weight is 508 g/mol. The van der Waals surface area contributed by atoms with Crippen LogP contribution in [0.4, 0.5) is 18.3 Å². The summed E-state index contributed by atoms with van der Waals surface area (Å²) in [5.74, 6) is -0.475. The summed E-state index contributed by atoms with van der Waals surface area (Å²) in [6, 6.07) is 9.75. The van der Waals surface area contributed by atoms with E-state index < -0.39 is 17.7 Å². The molecule has 2 aromatic carbocycles. The number of aromatic nitrogens is 1. The molecule has 35 heavy (non-hydrogen) atoms. The number of benzene rings is 2. The number of aliphatic carboxylic acids is 1. The van der Waals surface area contributed by atoms with Gasteiger partial charge in [-0.1, -0.05) is 30.7 Å². The molecule has 0 bridgehead atoms. The summed E-state index contributed by atoms with van der Waals surface area (Å²) in [4.78, 5) is 20.0. The minimum atomic E-state index is -4.37. The van der Waals surface area contributed by atoms with Crippen molar-refractivity contribution < 1.29 is 27.8 Å². The first-order chi connectivity index (χ1) is 16.6. The van der Waals surface area contributed by atoms with E-state index >= 15 is 0 Å². The number of carboxylic acid groups (broad SMARTS) is 1. The maximum atomic E-state index is 13.1. The number of thiazole rings is 1. The average Bonchev–Trinajstić information content (AvgIpc) is 3.21. The van der Waals surface area contributed by atoms with Gasteiger partial charge in [0.25, 0.3) is 0 Å². The van der Waals surface area contributed by atoms with Crippen LogP contribution in [-0.2, 0) is 17.5 Å². The molecule has 1 fully saturated rings. The zero-order valence-corrected chi connectivity index (χ0v) is 20.5. The Kier molecular flexibility index (Phi) is 7.51. The van der Waals surface area contributed by atoms with Crippen molar-refractivity contribution >= 4 is 32.7 Å². The van der Waals surface area contributed by atoms with E-state index in [0.29, 0.717) is 22.5 Å². The lowest BCUT2D eigenvalue weighted by Crippen LogP contribution is -2.52. The number of piperazine rings is 1. The number of carbonyl (C=O) groups is 1. The van der Waals surface area contributed by atoms with E-state index in [9.17, 15) is 18.0 Å². The number of halogens is 3. The molecule has 1 N–H and O–H groups in total. The Morgan fingerprint density at radius 2 is 2.03 bits per heavy atom. The number of rotatable bonds is 8. The SMILES string of the molecule is CCC[C@@H]1CN(c2nc3ccc(C(F)(F)F)cc3s2)CCN1Cc1cc(C)cc(OCC(=O)O)c1. The standard InChI is InChI=1S/C25H28F3N3O3S/c1-3-4-19-14-31(24-29-21-6-5-18(25(26,27)28)12-22(21)35-24)8-7-30(19)13-17-9-16(2)10-20(11-17)34-15-23(32)33/h5-6,9-12,19H,3-4,7-8,13-15H2,1-2H3,(H,32,33)/t19-/m1/s1. The van der Waals surface area contributed by atoms with Crippen molar-refractivity contribution in [1.82, 2.24) is 9.88 Å². The van der Waals surface area contributed by atoms with Gasteiger partial charge in [-0.25, -0.2) is 9.78 Å². The molecule has 1 aliphatic rings. The van der Waals surface area contributed by atoms with Gasteiger partial charge in [-0.15, -0.1) is 0 Å². The van der Waals surface area contributed by atoms with Crippen LogP contribution in [0, 0.1) is 6.92 Å². The molecule has 0 spiro atoms. The topological polar surface area (TPSA) is 65.9 Å². The van der Waals surface area contributed by atoms with Crippen molar-refractivity contribution in [2.75, 3.05) is 31.1 Å². The van der Waals surface area contributed by atoms with Crippen molar-refractivity contribution in [3.05, 3.63) is 53.1 Å². The predicted molar refractivity (Wildman–Crippen MR) is 130 cm³/mol. The van der Waals surface area contributed by atoms with Crippen molar-refractivity contribution in [2.45, 2.75) is 45.5 Å². The molecule has 6 nitrogen and oxygen atoms in total. The number of carboxylic acids is 1. The number of nitrogens with zero attached hydrogens (tertiary/aromatic N) is 3. The van der Waals surface area contributed by atoms with E-state index in [1.807, 2.05) is 19.1 Å². The van der Waals surface area contributed by atoms with E-state index in [2.05, 4.69) is 27.8 Å². The molecule has 0 amide bonds. The number of aryl methyl sites for hydroxylation is 1. The van der Waals surface area contributed by atoms with Gasteiger partial charge >= 0.3 is 12.1 Å². The highest BCUT2D eigenvalue weighted by Gasteiger charge is 2.32. The van der Waals surface area contributed by atoms with Gasteiger partial charge in [-0.3, -0.25) is 4.90 Å². The lowest BCUT2D eigenvalue weighted by Gasteiger charge is -2.41. The number of ether oxygens (including phenoxy) is 1. The van der Waals surface area contributed by atoms with Gasteiger partial charge in [0.1, 0.15) is 5.75 Å². The molecule has 0 saturated carbocycles. The Balaban J connectivity index is 1.49. The zero-order valence-electron chi connectivity index (χ0n) is 19.6. The second-order valence-corrected chi connectivity index (χ2v) is 9.88. The minimum Gasteiger partial charge on any atom is -0.482 e. The van der Waals surface area contributed by atoms with Gasteiger partial charge in [0, 0.05) is 32.2 Å². The Morgan fingerprint density at radius 1 is 1.23 bits per heavy atom. The first kappa shape index (κ1) is 25.2. The molecular formula is C25H28F3N3O3S. The number of anilines is 1. The van der Waals surface area contributed by atoms with Gasteiger partial charge < -0.3 is 14.7 Å². The van der Waals surface area contributed by atoms with Crippen molar-refractivity contribution in [3.8, 4) is 5.75 Å². The molecule has 3 aromatic rings. The summed E-state index contributed by atoms with van der Waals surface area (Å²) < 4.78 is 45.2. The maximum absolute atomic E-state index is 13.1. The number of hydrogen-bond acceptors (Lipinski definition) is 6. The number of hydrogen-bond donors (Lipinski definition) is 1.